The molecule has 0 aromatic carbocycles. The molecule has 3 rings (SSSR count). The Morgan fingerprint density at radius 2 is 2.00 bits per heavy atom. The van der Waals surface area contributed by atoms with E-state index in [1.54, 1.807) is 6.20 Å². The van der Waals surface area contributed by atoms with Crippen LogP contribution < -0.4 is 5.73 Å². The van der Waals surface area contributed by atoms with Crippen molar-refractivity contribution in [2.45, 2.75) is 44.1 Å². The summed E-state index contributed by atoms with van der Waals surface area (Å²) in [6.45, 7) is 1.17. The van der Waals surface area contributed by atoms with Gasteiger partial charge in [0.2, 0.25) is 5.91 Å². The number of piperidine rings is 1. The van der Waals surface area contributed by atoms with Gasteiger partial charge in [-0.15, -0.1) is 0 Å². The van der Waals surface area contributed by atoms with Gasteiger partial charge in [-0.3, -0.25) is 14.3 Å². The van der Waals surface area contributed by atoms with E-state index in [4.69, 9.17) is 5.73 Å². The molecule has 0 radical (unpaired) electrons. The summed E-state index contributed by atoms with van der Waals surface area (Å²) in [6.07, 6.45) is 8.95. The van der Waals surface area contributed by atoms with Gasteiger partial charge in [-0.1, -0.05) is 12.8 Å². The summed E-state index contributed by atoms with van der Waals surface area (Å²) in [6, 6.07) is 1.86. The monoisotopic (exact) mass is 290 g/mol. The number of rotatable bonds is 3. The molecule has 114 valence electrons. The number of primary amides is 1. The standard InChI is InChI=1S/C15H22N4O2/c16-13(20)12-5-3-9-18(11-12)14(21)15(6-1-2-7-15)19-10-4-8-17-19/h4,8,10,12H,1-3,5-7,9,11H2,(H2,16,20)/t12-/m0/s1. The number of hydrogen-bond donors (Lipinski definition) is 1. The van der Waals surface area contributed by atoms with Crippen molar-refractivity contribution in [2.75, 3.05) is 13.1 Å². The van der Waals surface area contributed by atoms with E-state index in [1.165, 1.54) is 0 Å². The Morgan fingerprint density at radius 3 is 2.62 bits per heavy atom. The summed E-state index contributed by atoms with van der Waals surface area (Å²) in [5.41, 5.74) is 4.86. The van der Waals surface area contributed by atoms with Crippen LogP contribution in [0.4, 0.5) is 0 Å². The highest BCUT2D eigenvalue weighted by atomic mass is 16.2. The van der Waals surface area contributed by atoms with Crippen molar-refractivity contribution in [3.8, 4) is 0 Å². The Kier molecular flexibility index (Phi) is 3.69. The first-order valence-electron chi connectivity index (χ1n) is 7.72. The van der Waals surface area contributed by atoms with Crippen LogP contribution in [0.3, 0.4) is 0 Å². The first kappa shape index (κ1) is 14.1. The van der Waals surface area contributed by atoms with Crippen LogP contribution in [0.2, 0.25) is 0 Å². The molecule has 2 heterocycles. The van der Waals surface area contributed by atoms with Crippen LogP contribution in [0.25, 0.3) is 0 Å². The topological polar surface area (TPSA) is 81.2 Å². The van der Waals surface area contributed by atoms with Crippen molar-refractivity contribution in [3.05, 3.63) is 18.5 Å². The van der Waals surface area contributed by atoms with Crippen LogP contribution in [0.15, 0.2) is 18.5 Å². The second-order valence-electron chi connectivity index (χ2n) is 6.18. The van der Waals surface area contributed by atoms with Crippen molar-refractivity contribution in [1.82, 2.24) is 14.7 Å². The molecule has 1 aliphatic carbocycles. The van der Waals surface area contributed by atoms with Gasteiger partial charge in [-0.05, 0) is 31.7 Å². The Morgan fingerprint density at radius 1 is 1.24 bits per heavy atom. The van der Waals surface area contributed by atoms with Gasteiger partial charge in [0.1, 0.15) is 5.54 Å². The van der Waals surface area contributed by atoms with E-state index in [0.717, 1.165) is 38.5 Å². The minimum absolute atomic E-state index is 0.106. The van der Waals surface area contributed by atoms with Gasteiger partial charge >= 0.3 is 0 Å². The van der Waals surface area contributed by atoms with E-state index in [0.29, 0.717) is 13.1 Å². The fraction of sp³-hybridized carbons (Fsp3) is 0.667. The van der Waals surface area contributed by atoms with Crippen LogP contribution in [0.5, 0.6) is 0 Å². The van der Waals surface area contributed by atoms with Crippen LogP contribution in [0, 0.1) is 5.92 Å². The fourth-order valence-electron chi connectivity index (χ4n) is 3.71. The molecule has 2 aliphatic rings. The van der Waals surface area contributed by atoms with E-state index in [1.807, 2.05) is 21.8 Å². The molecule has 1 atom stereocenters. The molecule has 1 aromatic heterocycles. The minimum Gasteiger partial charge on any atom is -0.369 e. The van der Waals surface area contributed by atoms with Crippen LogP contribution >= 0.6 is 0 Å². The Hall–Kier alpha value is -1.85. The lowest BCUT2D eigenvalue weighted by Crippen LogP contribution is -2.53. The molecule has 0 bridgehead atoms. The molecular formula is C15H22N4O2. The normalized spacial score (nSPS) is 25.0. The molecular weight excluding hydrogens is 268 g/mol. The van der Waals surface area contributed by atoms with Gasteiger partial charge in [-0.25, -0.2) is 0 Å². The maximum Gasteiger partial charge on any atom is 0.250 e. The molecule has 6 nitrogen and oxygen atoms in total. The third-order valence-electron chi connectivity index (χ3n) is 4.88. The lowest BCUT2D eigenvalue weighted by atomic mass is 9.91. The highest BCUT2D eigenvalue weighted by molar-refractivity contribution is 5.86. The smallest absolute Gasteiger partial charge is 0.250 e. The quantitative estimate of drug-likeness (QED) is 0.897. The average Bonchev–Trinajstić information content (AvgIpc) is 3.18. The predicted molar refractivity (Wildman–Crippen MR) is 77.2 cm³/mol. The lowest BCUT2D eigenvalue weighted by Gasteiger charge is -2.38. The highest BCUT2D eigenvalue weighted by Crippen LogP contribution is 2.38. The number of amides is 2. The second-order valence-corrected chi connectivity index (χ2v) is 6.18. The number of aromatic nitrogens is 2. The van der Waals surface area contributed by atoms with E-state index < -0.39 is 5.54 Å². The Labute approximate surface area is 124 Å². The Balaban J connectivity index is 1.83. The lowest BCUT2D eigenvalue weighted by molar-refractivity contribution is -0.144. The van der Waals surface area contributed by atoms with Crippen molar-refractivity contribution in [1.29, 1.82) is 0 Å². The SMILES string of the molecule is NC(=O)[C@H]1CCCN(C(=O)C2(n3cccn3)CCCC2)C1. The van der Waals surface area contributed by atoms with Crippen molar-refractivity contribution < 1.29 is 9.59 Å². The van der Waals surface area contributed by atoms with Gasteiger partial charge in [-0.2, -0.15) is 5.10 Å². The number of carbonyl (C=O) groups is 2. The van der Waals surface area contributed by atoms with Gasteiger partial charge in [0.05, 0.1) is 5.92 Å². The average molecular weight is 290 g/mol. The summed E-state index contributed by atoms with van der Waals surface area (Å²) < 4.78 is 1.82. The molecule has 1 aliphatic heterocycles. The second kappa shape index (κ2) is 5.50. The van der Waals surface area contributed by atoms with E-state index >= 15 is 0 Å². The van der Waals surface area contributed by atoms with E-state index in [9.17, 15) is 9.59 Å². The maximum absolute atomic E-state index is 13.1. The van der Waals surface area contributed by atoms with E-state index in [2.05, 4.69) is 5.10 Å². The number of nitrogens with zero attached hydrogens (tertiary/aromatic N) is 3. The zero-order chi connectivity index (χ0) is 14.9. The zero-order valence-corrected chi connectivity index (χ0v) is 12.2. The third-order valence-corrected chi connectivity index (χ3v) is 4.88. The molecule has 1 saturated carbocycles. The molecule has 6 heteroatoms. The number of hydrogen-bond acceptors (Lipinski definition) is 3. The first-order valence-corrected chi connectivity index (χ1v) is 7.72. The molecule has 2 N–H and O–H groups in total. The summed E-state index contributed by atoms with van der Waals surface area (Å²) >= 11 is 0. The molecule has 0 spiro atoms. The number of carbonyl (C=O) groups excluding carboxylic acids is 2. The molecule has 1 saturated heterocycles. The third kappa shape index (κ3) is 2.43. The van der Waals surface area contributed by atoms with Gasteiger partial charge < -0.3 is 10.6 Å². The summed E-state index contributed by atoms with van der Waals surface area (Å²) in [5, 5.41) is 4.32. The number of likely N-dealkylation sites (tertiary alicyclic amines) is 1. The fourth-order valence-corrected chi connectivity index (χ4v) is 3.71. The molecule has 1 aromatic rings. The maximum atomic E-state index is 13.1. The molecule has 2 amide bonds. The minimum atomic E-state index is -0.553. The molecule has 21 heavy (non-hydrogen) atoms. The van der Waals surface area contributed by atoms with Crippen LogP contribution in [0.1, 0.15) is 38.5 Å². The van der Waals surface area contributed by atoms with Gasteiger partial charge in [0.25, 0.3) is 5.91 Å². The Bertz CT molecular complexity index is 520. The highest BCUT2D eigenvalue weighted by Gasteiger charge is 2.46. The molecule has 0 unspecified atom stereocenters. The van der Waals surface area contributed by atoms with Gasteiger partial charge in [0, 0.05) is 25.5 Å². The largest absolute Gasteiger partial charge is 0.369 e. The van der Waals surface area contributed by atoms with Crippen molar-refractivity contribution in [2.24, 2.45) is 11.7 Å². The van der Waals surface area contributed by atoms with Crippen LogP contribution in [-0.4, -0.2) is 39.6 Å². The first-order chi connectivity index (χ1) is 10.1. The van der Waals surface area contributed by atoms with Crippen molar-refractivity contribution >= 4 is 11.8 Å². The number of nitrogens with two attached hydrogens (primary N) is 1. The molecule has 2 fully saturated rings. The van der Waals surface area contributed by atoms with Crippen molar-refractivity contribution in [3.63, 3.8) is 0 Å². The van der Waals surface area contributed by atoms with E-state index in [-0.39, 0.29) is 17.7 Å². The van der Waals surface area contributed by atoms with Crippen LogP contribution in [-0.2, 0) is 15.1 Å². The predicted octanol–water partition coefficient (Wildman–Crippen LogP) is 0.876. The summed E-state index contributed by atoms with van der Waals surface area (Å²) in [4.78, 5) is 26.3. The summed E-state index contributed by atoms with van der Waals surface area (Å²) in [5.74, 6) is -0.402. The zero-order valence-electron chi connectivity index (χ0n) is 12.2. The van der Waals surface area contributed by atoms with Gasteiger partial charge in [0.15, 0.2) is 0 Å². The summed E-state index contributed by atoms with van der Waals surface area (Å²) in [7, 11) is 0.